The Balaban J connectivity index is 4.07. The van der Waals surface area contributed by atoms with Gasteiger partial charge in [-0.3, -0.25) is 14.9 Å². The van der Waals surface area contributed by atoms with Crippen molar-refractivity contribution in [1.29, 1.82) is 0 Å². The molecule has 18 heavy (non-hydrogen) atoms. The van der Waals surface area contributed by atoms with Crippen LogP contribution in [0, 0.1) is 0 Å². The summed E-state index contributed by atoms with van der Waals surface area (Å²) >= 11 is 0. The molecule has 0 aliphatic rings. The minimum absolute atomic E-state index is 0.0293. The van der Waals surface area contributed by atoms with Crippen LogP contribution >= 0.6 is 0 Å². The van der Waals surface area contributed by atoms with E-state index in [2.05, 4.69) is 5.32 Å². The summed E-state index contributed by atoms with van der Waals surface area (Å²) in [4.78, 5) is 31.3. The zero-order valence-electron chi connectivity index (χ0n) is 9.78. The van der Waals surface area contributed by atoms with Crippen LogP contribution in [0.25, 0.3) is 0 Å². The van der Waals surface area contributed by atoms with Crippen molar-refractivity contribution in [1.82, 2.24) is 5.32 Å². The lowest BCUT2D eigenvalue weighted by molar-refractivity contribution is -0.138. The molecule has 104 valence electrons. The number of nitrogens with two attached hydrogens (primary N) is 1. The van der Waals surface area contributed by atoms with E-state index in [9.17, 15) is 19.5 Å². The molecule has 0 aromatic rings. The second-order valence-corrected chi connectivity index (χ2v) is 3.88. The number of aliphatic carboxylic acids is 2. The molecule has 0 fully saturated rings. The lowest BCUT2D eigenvalue weighted by Gasteiger charge is -2.22. The topological polar surface area (TPSA) is 150 Å². The number of aliphatic hydroxyl groups excluding tert-OH is 1. The van der Waals surface area contributed by atoms with E-state index in [0.717, 1.165) is 0 Å². The second-order valence-electron chi connectivity index (χ2n) is 3.88. The fourth-order valence-corrected chi connectivity index (χ4v) is 1.26. The predicted molar refractivity (Wildman–Crippen MR) is 60.7 cm³/mol. The summed E-state index contributed by atoms with van der Waals surface area (Å²) < 4.78 is 0. The van der Waals surface area contributed by atoms with Crippen molar-refractivity contribution in [2.45, 2.75) is 44.0 Å². The normalized spacial score (nSPS) is 15.7. The van der Waals surface area contributed by atoms with Crippen LogP contribution in [-0.4, -0.2) is 51.9 Å². The van der Waals surface area contributed by atoms with Gasteiger partial charge in [0.15, 0.2) is 0 Å². The van der Waals surface area contributed by atoms with Gasteiger partial charge < -0.3 is 25.8 Å². The van der Waals surface area contributed by atoms with Gasteiger partial charge in [-0.25, -0.2) is 0 Å². The Morgan fingerprint density at radius 2 is 1.67 bits per heavy atom. The summed E-state index contributed by atoms with van der Waals surface area (Å²) in [5.74, 6) is -2.08. The minimum atomic E-state index is -1.26. The number of hydrogen-bond acceptors (Lipinski definition) is 6. The standard InChI is InChI=1S/C10H18N2O6/c11-7(2-4-9(16)17)10(18)12-6(5-13)1-3-8(14)15/h5-7,10,12,18H,1-4,11H2,(H,14,15)(H,16,17)/t6-,7-,10?/m1/s1. The van der Waals surface area contributed by atoms with Crippen molar-refractivity contribution in [3.8, 4) is 0 Å². The maximum absolute atomic E-state index is 10.6. The molecule has 8 heteroatoms. The highest BCUT2D eigenvalue weighted by molar-refractivity contribution is 5.68. The largest absolute Gasteiger partial charge is 0.481 e. The molecule has 0 amide bonds. The average molecular weight is 262 g/mol. The molecule has 1 unspecified atom stereocenters. The number of aldehydes is 1. The Bertz CT molecular complexity index is 296. The van der Waals surface area contributed by atoms with Gasteiger partial charge in [0.1, 0.15) is 12.5 Å². The first kappa shape index (κ1) is 16.5. The Morgan fingerprint density at radius 1 is 1.17 bits per heavy atom. The molecule has 0 bridgehead atoms. The van der Waals surface area contributed by atoms with Crippen molar-refractivity contribution >= 4 is 18.2 Å². The van der Waals surface area contributed by atoms with Gasteiger partial charge in [-0.2, -0.15) is 0 Å². The van der Waals surface area contributed by atoms with Gasteiger partial charge in [0, 0.05) is 18.9 Å². The Kier molecular flexibility index (Phi) is 7.84. The summed E-state index contributed by atoms with van der Waals surface area (Å²) in [5, 5.41) is 28.9. The summed E-state index contributed by atoms with van der Waals surface area (Å²) in [5.41, 5.74) is 5.52. The third-order valence-corrected chi connectivity index (χ3v) is 2.32. The molecule has 0 spiro atoms. The molecule has 0 radical (unpaired) electrons. The van der Waals surface area contributed by atoms with Crippen LogP contribution in [0.4, 0.5) is 0 Å². The van der Waals surface area contributed by atoms with E-state index in [0.29, 0.717) is 6.29 Å². The van der Waals surface area contributed by atoms with E-state index in [-0.39, 0.29) is 25.7 Å². The number of nitrogens with one attached hydrogen (secondary N) is 1. The molecule has 0 aromatic carbocycles. The maximum Gasteiger partial charge on any atom is 0.303 e. The highest BCUT2D eigenvalue weighted by Crippen LogP contribution is 2.02. The van der Waals surface area contributed by atoms with Gasteiger partial charge in [-0.1, -0.05) is 0 Å². The third-order valence-electron chi connectivity index (χ3n) is 2.32. The van der Waals surface area contributed by atoms with Crippen LogP contribution in [0.15, 0.2) is 0 Å². The molecular formula is C10H18N2O6. The van der Waals surface area contributed by atoms with Crippen LogP contribution in [0.2, 0.25) is 0 Å². The van der Waals surface area contributed by atoms with Crippen LogP contribution in [0.5, 0.6) is 0 Å². The number of aliphatic hydroxyl groups is 1. The molecule has 3 atom stereocenters. The van der Waals surface area contributed by atoms with E-state index in [1.807, 2.05) is 0 Å². The van der Waals surface area contributed by atoms with E-state index in [4.69, 9.17) is 15.9 Å². The number of hydrogen-bond donors (Lipinski definition) is 5. The number of carbonyl (C=O) groups excluding carboxylic acids is 1. The van der Waals surface area contributed by atoms with Gasteiger partial charge in [0.2, 0.25) is 0 Å². The van der Waals surface area contributed by atoms with Gasteiger partial charge in [-0.05, 0) is 12.8 Å². The molecule has 0 saturated heterocycles. The zero-order valence-corrected chi connectivity index (χ0v) is 9.78. The summed E-state index contributed by atoms with van der Waals surface area (Å²) in [6.07, 6.45) is -1.10. The first-order valence-electron chi connectivity index (χ1n) is 5.45. The van der Waals surface area contributed by atoms with Crippen molar-refractivity contribution in [2.75, 3.05) is 0 Å². The molecule has 0 aliphatic carbocycles. The fourth-order valence-electron chi connectivity index (χ4n) is 1.26. The molecule has 0 aliphatic heterocycles. The maximum atomic E-state index is 10.6. The van der Waals surface area contributed by atoms with Gasteiger partial charge >= 0.3 is 11.9 Å². The molecule has 6 N–H and O–H groups in total. The first-order valence-corrected chi connectivity index (χ1v) is 5.45. The summed E-state index contributed by atoms with van der Waals surface area (Å²) in [7, 11) is 0. The fraction of sp³-hybridized carbons (Fsp3) is 0.700. The second kappa shape index (κ2) is 8.56. The van der Waals surface area contributed by atoms with Gasteiger partial charge in [0.05, 0.1) is 6.04 Å². The molecule has 0 saturated carbocycles. The quantitative estimate of drug-likeness (QED) is 0.236. The van der Waals surface area contributed by atoms with Gasteiger partial charge in [0.25, 0.3) is 0 Å². The zero-order chi connectivity index (χ0) is 14.1. The Hall–Kier alpha value is -1.51. The molecule has 0 rings (SSSR count). The van der Waals surface area contributed by atoms with Gasteiger partial charge in [-0.15, -0.1) is 0 Å². The smallest absolute Gasteiger partial charge is 0.303 e. The lowest BCUT2D eigenvalue weighted by Crippen LogP contribution is -2.50. The Labute approximate surface area is 104 Å². The monoisotopic (exact) mass is 262 g/mol. The van der Waals surface area contributed by atoms with Crippen LogP contribution < -0.4 is 11.1 Å². The highest BCUT2D eigenvalue weighted by atomic mass is 16.4. The van der Waals surface area contributed by atoms with Crippen LogP contribution in [0.3, 0.4) is 0 Å². The predicted octanol–water partition coefficient (Wildman–Crippen LogP) is -1.48. The summed E-state index contributed by atoms with van der Waals surface area (Å²) in [6, 6.07) is -1.67. The highest BCUT2D eigenvalue weighted by Gasteiger charge is 2.20. The van der Waals surface area contributed by atoms with Crippen LogP contribution in [0.1, 0.15) is 25.7 Å². The Morgan fingerprint density at radius 3 is 2.11 bits per heavy atom. The SMILES string of the molecule is N[C@H](CCC(=O)O)C(O)N[C@@H](C=O)CCC(=O)O. The van der Waals surface area contributed by atoms with Crippen molar-refractivity contribution in [3.63, 3.8) is 0 Å². The molecule has 0 heterocycles. The van der Waals surface area contributed by atoms with E-state index in [1.54, 1.807) is 0 Å². The first-order chi connectivity index (χ1) is 8.36. The minimum Gasteiger partial charge on any atom is -0.481 e. The van der Waals surface area contributed by atoms with Crippen LogP contribution in [-0.2, 0) is 14.4 Å². The van der Waals surface area contributed by atoms with E-state index < -0.39 is 30.3 Å². The number of carbonyl (C=O) groups is 3. The third kappa shape index (κ3) is 7.71. The molecular weight excluding hydrogens is 244 g/mol. The molecule has 0 aromatic heterocycles. The van der Waals surface area contributed by atoms with Crippen molar-refractivity contribution in [2.24, 2.45) is 5.73 Å². The van der Waals surface area contributed by atoms with Crippen molar-refractivity contribution < 1.29 is 29.7 Å². The van der Waals surface area contributed by atoms with E-state index >= 15 is 0 Å². The summed E-state index contributed by atoms with van der Waals surface area (Å²) in [6.45, 7) is 0. The number of rotatable bonds is 10. The molecule has 8 nitrogen and oxygen atoms in total. The number of carboxylic acids is 2. The average Bonchev–Trinajstić information content (AvgIpc) is 2.30. The number of carboxylic acid groups (broad SMARTS) is 2. The lowest BCUT2D eigenvalue weighted by atomic mass is 10.1. The van der Waals surface area contributed by atoms with Crippen molar-refractivity contribution in [3.05, 3.63) is 0 Å². The van der Waals surface area contributed by atoms with E-state index in [1.165, 1.54) is 0 Å².